The zero-order valence-corrected chi connectivity index (χ0v) is 16.8. The summed E-state index contributed by atoms with van der Waals surface area (Å²) in [6.45, 7) is 6.85. The van der Waals surface area contributed by atoms with Gasteiger partial charge in [-0.15, -0.1) is 0 Å². The highest BCUT2D eigenvalue weighted by molar-refractivity contribution is 5.82. The van der Waals surface area contributed by atoms with E-state index in [0.717, 1.165) is 16.5 Å². The Kier molecular flexibility index (Phi) is 6.80. The Morgan fingerprint density at radius 2 is 2.00 bits per heavy atom. The summed E-state index contributed by atoms with van der Waals surface area (Å²) in [4.78, 5) is 23.6. The number of carbonyl (C=O) groups is 1. The van der Waals surface area contributed by atoms with Crippen LogP contribution >= 0.6 is 0 Å². The van der Waals surface area contributed by atoms with Gasteiger partial charge in [0.2, 0.25) is 0 Å². The van der Waals surface area contributed by atoms with E-state index in [1.807, 2.05) is 13.0 Å². The van der Waals surface area contributed by atoms with E-state index < -0.39 is 23.3 Å². The number of carbonyl (C=O) groups excluding carboxylic acids is 1. The minimum Gasteiger partial charge on any atom is -0.497 e. The largest absolute Gasteiger partial charge is 0.497 e. The molecule has 28 heavy (non-hydrogen) atoms. The first kappa shape index (κ1) is 21.4. The summed E-state index contributed by atoms with van der Waals surface area (Å²) in [5.41, 5.74) is 0.589. The fraction of sp³-hybridized carbons (Fsp3) is 0.364. The molecule has 0 bridgehead atoms. The van der Waals surface area contributed by atoms with Gasteiger partial charge in [0.15, 0.2) is 0 Å². The molecule has 6 heteroatoms. The molecule has 2 rings (SSSR count). The van der Waals surface area contributed by atoms with E-state index in [9.17, 15) is 14.7 Å². The number of methoxy groups -OCH3 is 1. The van der Waals surface area contributed by atoms with Gasteiger partial charge in [0.25, 0.3) is 0 Å². The van der Waals surface area contributed by atoms with Crippen molar-refractivity contribution < 1.29 is 23.8 Å². The molecule has 0 amide bonds. The van der Waals surface area contributed by atoms with E-state index in [4.69, 9.17) is 13.9 Å². The predicted molar refractivity (Wildman–Crippen MR) is 107 cm³/mol. The highest BCUT2D eigenvalue weighted by atomic mass is 16.6. The van der Waals surface area contributed by atoms with Crippen LogP contribution in [0, 0.1) is 6.92 Å². The molecule has 0 aliphatic rings. The normalized spacial score (nSPS) is 13.7. The zero-order valence-electron chi connectivity index (χ0n) is 16.8. The van der Waals surface area contributed by atoms with E-state index in [2.05, 4.69) is 0 Å². The number of hydrogen-bond donors (Lipinski definition) is 1. The molecule has 0 spiro atoms. The lowest BCUT2D eigenvalue weighted by Gasteiger charge is -2.29. The van der Waals surface area contributed by atoms with Crippen molar-refractivity contribution in [2.24, 2.45) is 0 Å². The van der Waals surface area contributed by atoms with Crippen LogP contribution in [0.3, 0.4) is 0 Å². The van der Waals surface area contributed by atoms with Crippen LogP contribution in [0.5, 0.6) is 0 Å². The maximum Gasteiger partial charge on any atom is 0.336 e. The maximum absolute atomic E-state index is 12.2. The van der Waals surface area contributed by atoms with E-state index >= 15 is 0 Å². The number of ether oxygens (including phenoxy) is 2. The number of fused-ring (bicyclic) bond motifs is 1. The molecule has 1 aromatic heterocycles. The molecule has 1 atom stereocenters. The van der Waals surface area contributed by atoms with E-state index in [0.29, 0.717) is 17.8 Å². The summed E-state index contributed by atoms with van der Waals surface area (Å²) in [6.07, 6.45) is 4.03. The second-order valence-corrected chi connectivity index (χ2v) is 7.08. The molecule has 6 nitrogen and oxygen atoms in total. The van der Waals surface area contributed by atoms with Crippen molar-refractivity contribution in [2.45, 2.75) is 45.8 Å². The Morgan fingerprint density at radius 3 is 2.61 bits per heavy atom. The van der Waals surface area contributed by atoms with Crippen molar-refractivity contribution in [1.82, 2.24) is 0 Å². The quantitative estimate of drug-likeness (QED) is 0.258. The van der Waals surface area contributed by atoms with Crippen molar-refractivity contribution in [2.75, 3.05) is 7.11 Å². The SMILES string of the molecule is C/C=C(/C=C/C(=O)O[C@@H](Cc1cc2ccc(=O)oc2cc1C)C(C)(C)O)OC. The molecule has 0 saturated carbocycles. The first-order valence-electron chi connectivity index (χ1n) is 8.98. The topological polar surface area (TPSA) is 86.0 Å². The third-order valence-electron chi connectivity index (χ3n) is 4.43. The highest BCUT2D eigenvalue weighted by Gasteiger charge is 2.30. The molecule has 0 unspecified atom stereocenters. The van der Waals surface area contributed by atoms with Gasteiger partial charge in [-0.2, -0.15) is 0 Å². The molecular formula is C22H26O6. The second-order valence-electron chi connectivity index (χ2n) is 7.08. The molecule has 2 aromatic rings. The van der Waals surface area contributed by atoms with E-state index in [1.54, 1.807) is 39.0 Å². The lowest BCUT2D eigenvalue weighted by atomic mass is 9.92. The van der Waals surface area contributed by atoms with Gasteiger partial charge in [-0.3, -0.25) is 0 Å². The van der Waals surface area contributed by atoms with Crippen molar-refractivity contribution in [3.63, 3.8) is 0 Å². The van der Waals surface area contributed by atoms with Gasteiger partial charge < -0.3 is 19.0 Å². The Labute approximate surface area is 164 Å². The summed E-state index contributed by atoms with van der Waals surface area (Å²) in [5, 5.41) is 11.3. The summed E-state index contributed by atoms with van der Waals surface area (Å²) in [5.74, 6) is -0.0448. The van der Waals surface area contributed by atoms with Crippen molar-refractivity contribution in [1.29, 1.82) is 0 Å². The van der Waals surface area contributed by atoms with Gasteiger partial charge in [0.05, 0.1) is 12.7 Å². The lowest BCUT2D eigenvalue weighted by molar-refractivity contribution is -0.155. The van der Waals surface area contributed by atoms with Crippen LogP contribution in [0.15, 0.2) is 57.5 Å². The van der Waals surface area contributed by atoms with Crippen LogP contribution in [0.25, 0.3) is 11.0 Å². The molecule has 1 heterocycles. The molecule has 0 radical (unpaired) electrons. The minimum absolute atomic E-state index is 0.310. The molecular weight excluding hydrogens is 360 g/mol. The molecule has 150 valence electrons. The van der Waals surface area contributed by atoms with Crippen LogP contribution in [0.4, 0.5) is 0 Å². The number of benzene rings is 1. The van der Waals surface area contributed by atoms with E-state index in [-0.39, 0.29) is 0 Å². The number of hydrogen-bond acceptors (Lipinski definition) is 6. The fourth-order valence-electron chi connectivity index (χ4n) is 2.73. The summed E-state index contributed by atoms with van der Waals surface area (Å²) in [6, 6.07) is 6.68. The van der Waals surface area contributed by atoms with Crippen LogP contribution in [-0.4, -0.2) is 29.9 Å². The smallest absolute Gasteiger partial charge is 0.336 e. The molecule has 1 aromatic carbocycles. The van der Waals surface area contributed by atoms with Crippen LogP contribution in [0.1, 0.15) is 31.9 Å². The number of rotatable bonds is 7. The summed E-state index contributed by atoms with van der Waals surface area (Å²) >= 11 is 0. The van der Waals surface area contributed by atoms with Crippen LogP contribution in [0.2, 0.25) is 0 Å². The van der Waals surface area contributed by atoms with Crippen molar-refractivity contribution >= 4 is 16.9 Å². The standard InChI is InChI=1S/C22H26O6/c1-6-17(26-5)8-10-21(24)28-19(22(3,4)25)13-16-12-15-7-9-20(23)27-18(15)11-14(16)2/h6-12,19,25H,13H2,1-5H3/b10-8+,17-6-/t19-/m0/s1. The van der Waals surface area contributed by atoms with Gasteiger partial charge in [0, 0.05) is 23.9 Å². The van der Waals surface area contributed by atoms with Gasteiger partial charge in [0.1, 0.15) is 17.4 Å². The third-order valence-corrected chi connectivity index (χ3v) is 4.43. The number of aliphatic hydroxyl groups is 1. The van der Waals surface area contributed by atoms with Crippen molar-refractivity contribution in [3.05, 3.63) is 69.8 Å². The monoisotopic (exact) mass is 386 g/mol. The van der Waals surface area contributed by atoms with Crippen molar-refractivity contribution in [3.8, 4) is 0 Å². The summed E-state index contributed by atoms with van der Waals surface area (Å²) < 4.78 is 15.8. The Balaban J connectivity index is 2.26. The summed E-state index contributed by atoms with van der Waals surface area (Å²) in [7, 11) is 1.51. The number of aryl methyl sites for hydroxylation is 1. The first-order valence-corrected chi connectivity index (χ1v) is 8.98. The predicted octanol–water partition coefficient (Wildman–Crippen LogP) is 3.43. The Bertz CT molecular complexity index is 959. The highest BCUT2D eigenvalue weighted by Crippen LogP contribution is 2.24. The number of allylic oxidation sites excluding steroid dienone is 2. The molecule has 0 aliphatic heterocycles. The minimum atomic E-state index is -1.25. The maximum atomic E-state index is 12.2. The first-order chi connectivity index (χ1) is 13.1. The van der Waals surface area contributed by atoms with Crippen LogP contribution < -0.4 is 5.63 Å². The van der Waals surface area contributed by atoms with Crippen LogP contribution in [-0.2, 0) is 20.7 Å². The zero-order chi connectivity index (χ0) is 20.9. The van der Waals surface area contributed by atoms with Gasteiger partial charge in [-0.1, -0.05) is 0 Å². The molecule has 0 saturated heterocycles. The molecule has 0 aliphatic carbocycles. The van der Waals surface area contributed by atoms with Gasteiger partial charge in [-0.05, 0) is 69.2 Å². The second kappa shape index (κ2) is 8.89. The average Bonchev–Trinajstić information content (AvgIpc) is 2.61. The van der Waals surface area contributed by atoms with Gasteiger partial charge >= 0.3 is 11.6 Å². The fourth-order valence-corrected chi connectivity index (χ4v) is 2.73. The third kappa shape index (κ3) is 5.57. The lowest BCUT2D eigenvalue weighted by Crippen LogP contribution is -2.41. The molecule has 0 fully saturated rings. The van der Waals surface area contributed by atoms with E-state index in [1.165, 1.54) is 25.3 Å². The molecule has 1 N–H and O–H groups in total. The average molecular weight is 386 g/mol. The Morgan fingerprint density at radius 1 is 1.29 bits per heavy atom. The number of esters is 1. The van der Waals surface area contributed by atoms with Gasteiger partial charge in [-0.25, -0.2) is 9.59 Å². The Hall–Kier alpha value is -2.86.